The molecular formula is C15H21BrN2. The van der Waals surface area contributed by atoms with Crippen LogP contribution in [0.2, 0.25) is 0 Å². The van der Waals surface area contributed by atoms with Gasteiger partial charge in [0.1, 0.15) is 5.82 Å². The average molecular weight is 309 g/mol. The third-order valence-electron chi connectivity index (χ3n) is 3.91. The zero-order valence-electron chi connectivity index (χ0n) is 11.0. The van der Waals surface area contributed by atoms with Crippen LogP contribution in [-0.2, 0) is 5.33 Å². The van der Waals surface area contributed by atoms with Crippen LogP contribution >= 0.6 is 15.9 Å². The molecule has 0 N–H and O–H groups in total. The minimum Gasteiger partial charge on any atom is -0.356 e. The molecule has 0 saturated heterocycles. The van der Waals surface area contributed by atoms with E-state index in [0.717, 1.165) is 17.2 Å². The van der Waals surface area contributed by atoms with Crippen LogP contribution in [0.25, 0.3) is 0 Å². The molecule has 0 unspecified atom stereocenters. The highest BCUT2D eigenvalue weighted by atomic mass is 79.9. The Hall–Kier alpha value is -0.570. The molecule has 2 aliphatic rings. The summed E-state index contributed by atoms with van der Waals surface area (Å²) in [5, 5.41) is 0.895. The Morgan fingerprint density at radius 1 is 1.22 bits per heavy atom. The molecule has 1 aromatic rings. The van der Waals surface area contributed by atoms with Gasteiger partial charge in [-0.15, -0.1) is 0 Å². The first-order valence-corrected chi connectivity index (χ1v) is 8.15. The number of aryl methyl sites for hydroxylation is 1. The number of anilines is 1. The second-order valence-electron chi connectivity index (χ2n) is 5.91. The summed E-state index contributed by atoms with van der Waals surface area (Å²) in [6, 6.07) is 2.27. The van der Waals surface area contributed by atoms with Gasteiger partial charge in [-0.3, -0.25) is 0 Å². The van der Waals surface area contributed by atoms with E-state index in [-0.39, 0.29) is 0 Å². The van der Waals surface area contributed by atoms with E-state index in [2.05, 4.69) is 33.8 Å². The van der Waals surface area contributed by atoms with Gasteiger partial charge in [0, 0.05) is 24.6 Å². The first kappa shape index (κ1) is 12.5. The molecule has 2 fully saturated rings. The summed E-state index contributed by atoms with van der Waals surface area (Å²) < 4.78 is 0. The predicted molar refractivity (Wildman–Crippen MR) is 79.3 cm³/mol. The number of pyridine rings is 1. The summed E-state index contributed by atoms with van der Waals surface area (Å²) in [6.07, 6.45) is 7.68. The van der Waals surface area contributed by atoms with E-state index in [1.54, 1.807) is 0 Å². The zero-order chi connectivity index (χ0) is 12.5. The summed E-state index contributed by atoms with van der Waals surface area (Å²) in [5.41, 5.74) is 2.60. The minimum absolute atomic E-state index is 0.895. The Bertz CT molecular complexity index is 411. The SMILES string of the molecule is Cc1cc(CBr)cnc1N(CC1CC1)CC1CC1. The molecule has 3 heteroatoms. The molecular weight excluding hydrogens is 288 g/mol. The van der Waals surface area contributed by atoms with Gasteiger partial charge in [-0.1, -0.05) is 22.0 Å². The van der Waals surface area contributed by atoms with Crippen molar-refractivity contribution in [1.82, 2.24) is 4.98 Å². The second kappa shape index (κ2) is 5.20. The van der Waals surface area contributed by atoms with E-state index < -0.39 is 0 Å². The molecule has 0 spiro atoms. The third kappa shape index (κ3) is 3.05. The van der Waals surface area contributed by atoms with Crippen molar-refractivity contribution in [2.24, 2.45) is 11.8 Å². The van der Waals surface area contributed by atoms with Crippen molar-refractivity contribution in [3.63, 3.8) is 0 Å². The lowest BCUT2D eigenvalue weighted by Gasteiger charge is -2.25. The fourth-order valence-electron chi connectivity index (χ4n) is 2.50. The van der Waals surface area contributed by atoms with E-state index in [1.165, 1.54) is 55.7 Å². The van der Waals surface area contributed by atoms with E-state index in [4.69, 9.17) is 4.98 Å². The monoisotopic (exact) mass is 308 g/mol. The van der Waals surface area contributed by atoms with Gasteiger partial charge in [-0.2, -0.15) is 0 Å². The molecule has 2 saturated carbocycles. The lowest BCUT2D eigenvalue weighted by Crippen LogP contribution is -2.29. The number of alkyl halides is 1. The van der Waals surface area contributed by atoms with Gasteiger partial charge in [0.25, 0.3) is 0 Å². The van der Waals surface area contributed by atoms with Crippen molar-refractivity contribution in [2.75, 3.05) is 18.0 Å². The van der Waals surface area contributed by atoms with Gasteiger partial charge in [0.2, 0.25) is 0 Å². The van der Waals surface area contributed by atoms with Crippen molar-refractivity contribution in [2.45, 2.75) is 37.9 Å². The Morgan fingerprint density at radius 3 is 2.28 bits per heavy atom. The fraction of sp³-hybridized carbons (Fsp3) is 0.667. The first-order chi connectivity index (χ1) is 8.76. The molecule has 98 valence electrons. The van der Waals surface area contributed by atoms with E-state index in [9.17, 15) is 0 Å². The Labute approximate surface area is 118 Å². The quantitative estimate of drug-likeness (QED) is 0.741. The third-order valence-corrected chi connectivity index (χ3v) is 4.56. The fourth-order valence-corrected chi connectivity index (χ4v) is 2.81. The highest BCUT2D eigenvalue weighted by molar-refractivity contribution is 9.08. The topological polar surface area (TPSA) is 16.1 Å². The van der Waals surface area contributed by atoms with E-state index in [0.29, 0.717) is 0 Å². The van der Waals surface area contributed by atoms with Crippen LogP contribution in [0.15, 0.2) is 12.3 Å². The molecule has 18 heavy (non-hydrogen) atoms. The number of hydrogen-bond acceptors (Lipinski definition) is 2. The molecule has 0 radical (unpaired) electrons. The summed E-state index contributed by atoms with van der Waals surface area (Å²) in [6.45, 7) is 4.64. The molecule has 3 rings (SSSR count). The van der Waals surface area contributed by atoms with Crippen LogP contribution in [0.4, 0.5) is 5.82 Å². The van der Waals surface area contributed by atoms with Crippen LogP contribution in [0.3, 0.4) is 0 Å². The maximum atomic E-state index is 4.71. The van der Waals surface area contributed by atoms with Crippen LogP contribution in [0.1, 0.15) is 36.8 Å². The Kier molecular flexibility index (Phi) is 3.60. The van der Waals surface area contributed by atoms with Gasteiger partial charge < -0.3 is 4.90 Å². The molecule has 1 aromatic heterocycles. The van der Waals surface area contributed by atoms with Crippen molar-refractivity contribution in [3.8, 4) is 0 Å². The number of halogens is 1. The van der Waals surface area contributed by atoms with E-state index >= 15 is 0 Å². The zero-order valence-corrected chi connectivity index (χ0v) is 12.6. The number of hydrogen-bond donors (Lipinski definition) is 0. The molecule has 0 aliphatic heterocycles. The molecule has 1 heterocycles. The maximum Gasteiger partial charge on any atom is 0.131 e. The van der Waals surface area contributed by atoms with Crippen LogP contribution in [0, 0.1) is 18.8 Å². The van der Waals surface area contributed by atoms with Crippen LogP contribution in [-0.4, -0.2) is 18.1 Å². The lowest BCUT2D eigenvalue weighted by atomic mass is 10.2. The predicted octanol–water partition coefficient (Wildman–Crippen LogP) is 3.91. The van der Waals surface area contributed by atoms with Crippen molar-refractivity contribution >= 4 is 21.7 Å². The smallest absolute Gasteiger partial charge is 0.131 e. The van der Waals surface area contributed by atoms with Gasteiger partial charge in [0.15, 0.2) is 0 Å². The molecule has 0 atom stereocenters. The number of aromatic nitrogens is 1. The standard InChI is InChI=1S/C15H21BrN2/c1-11-6-14(7-16)8-17-15(11)18(9-12-2-3-12)10-13-4-5-13/h6,8,12-13H,2-5,7,9-10H2,1H3. The summed E-state index contributed by atoms with van der Waals surface area (Å²) in [4.78, 5) is 7.25. The Balaban J connectivity index is 1.77. The number of rotatable bonds is 6. The highest BCUT2D eigenvalue weighted by Crippen LogP contribution is 2.36. The summed E-state index contributed by atoms with van der Waals surface area (Å²) in [7, 11) is 0. The first-order valence-electron chi connectivity index (χ1n) is 7.02. The van der Waals surface area contributed by atoms with Crippen LogP contribution in [0.5, 0.6) is 0 Å². The lowest BCUT2D eigenvalue weighted by molar-refractivity contribution is 0.669. The maximum absolute atomic E-state index is 4.71. The van der Waals surface area contributed by atoms with Crippen molar-refractivity contribution in [3.05, 3.63) is 23.4 Å². The molecule has 2 aliphatic carbocycles. The molecule has 0 bridgehead atoms. The molecule has 0 aromatic carbocycles. The number of nitrogens with zero attached hydrogens (tertiary/aromatic N) is 2. The van der Waals surface area contributed by atoms with Gasteiger partial charge in [0.05, 0.1) is 0 Å². The van der Waals surface area contributed by atoms with Crippen molar-refractivity contribution < 1.29 is 0 Å². The van der Waals surface area contributed by atoms with Crippen molar-refractivity contribution in [1.29, 1.82) is 0 Å². The largest absolute Gasteiger partial charge is 0.356 e. The average Bonchev–Trinajstić information content (AvgIpc) is 3.23. The van der Waals surface area contributed by atoms with E-state index in [1.807, 2.05) is 6.20 Å². The molecule has 0 amide bonds. The Morgan fingerprint density at radius 2 is 1.83 bits per heavy atom. The highest BCUT2D eigenvalue weighted by Gasteiger charge is 2.30. The van der Waals surface area contributed by atoms with Gasteiger partial charge in [-0.25, -0.2) is 4.98 Å². The molecule has 2 nitrogen and oxygen atoms in total. The summed E-state index contributed by atoms with van der Waals surface area (Å²) in [5.74, 6) is 3.08. The van der Waals surface area contributed by atoms with Gasteiger partial charge >= 0.3 is 0 Å². The van der Waals surface area contributed by atoms with Crippen LogP contribution < -0.4 is 4.90 Å². The second-order valence-corrected chi connectivity index (χ2v) is 6.47. The minimum atomic E-state index is 0.895. The summed E-state index contributed by atoms with van der Waals surface area (Å²) >= 11 is 3.50. The van der Waals surface area contributed by atoms with Gasteiger partial charge in [-0.05, 0) is 55.6 Å². The normalized spacial score (nSPS) is 19.0.